The summed E-state index contributed by atoms with van der Waals surface area (Å²) in [5.41, 5.74) is 1.28. The molecule has 0 saturated heterocycles. The summed E-state index contributed by atoms with van der Waals surface area (Å²) in [5.74, 6) is -0.703. The number of carboxylic acid groups (broad SMARTS) is 1. The van der Waals surface area contributed by atoms with Gasteiger partial charge in [0.15, 0.2) is 0 Å². The molecule has 2 N–H and O–H groups in total. The summed E-state index contributed by atoms with van der Waals surface area (Å²) in [4.78, 5) is 10.3. The van der Waals surface area contributed by atoms with E-state index >= 15 is 0 Å². The number of halogens is 1. The van der Waals surface area contributed by atoms with Crippen LogP contribution in [-0.4, -0.2) is 24.2 Å². The lowest BCUT2D eigenvalue weighted by Gasteiger charge is -2.04. The van der Waals surface area contributed by atoms with Crippen LogP contribution in [-0.2, 0) is 11.2 Å². The first-order chi connectivity index (χ1) is 8.68. The zero-order valence-corrected chi connectivity index (χ0v) is 11.2. The molecular formula is C14H20ClNO2. The van der Waals surface area contributed by atoms with Crippen LogP contribution in [0.25, 0.3) is 0 Å². The minimum atomic E-state index is -0.703. The molecule has 0 unspecified atom stereocenters. The van der Waals surface area contributed by atoms with Crippen molar-refractivity contribution in [2.75, 3.05) is 13.1 Å². The molecule has 0 atom stereocenters. The second-order valence-electron chi connectivity index (χ2n) is 4.33. The van der Waals surface area contributed by atoms with E-state index in [0.717, 1.165) is 43.8 Å². The average molecular weight is 270 g/mol. The Kier molecular flexibility index (Phi) is 7.46. The summed E-state index contributed by atoms with van der Waals surface area (Å²) in [5, 5.41) is 12.6. The summed E-state index contributed by atoms with van der Waals surface area (Å²) < 4.78 is 0. The number of carbonyl (C=O) groups is 1. The van der Waals surface area contributed by atoms with E-state index in [2.05, 4.69) is 5.32 Å². The molecule has 0 aromatic heterocycles. The monoisotopic (exact) mass is 269 g/mol. The zero-order valence-electron chi connectivity index (χ0n) is 10.5. The summed E-state index contributed by atoms with van der Waals surface area (Å²) in [6, 6.07) is 7.89. The Hall–Kier alpha value is -1.06. The van der Waals surface area contributed by atoms with Gasteiger partial charge in [0.05, 0.1) is 0 Å². The van der Waals surface area contributed by atoms with E-state index in [1.165, 1.54) is 5.56 Å². The molecule has 18 heavy (non-hydrogen) atoms. The molecular weight excluding hydrogens is 250 g/mol. The van der Waals surface area contributed by atoms with Gasteiger partial charge in [-0.05, 0) is 50.0 Å². The fraction of sp³-hybridized carbons (Fsp3) is 0.500. The van der Waals surface area contributed by atoms with Gasteiger partial charge in [0.25, 0.3) is 0 Å². The van der Waals surface area contributed by atoms with Crippen LogP contribution in [0.1, 0.15) is 31.2 Å². The van der Waals surface area contributed by atoms with Gasteiger partial charge < -0.3 is 10.4 Å². The van der Waals surface area contributed by atoms with E-state index in [1.807, 2.05) is 24.3 Å². The first-order valence-corrected chi connectivity index (χ1v) is 6.73. The third-order valence-corrected chi connectivity index (χ3v) is 3.00. The SMILES string of the molecule is O=C(O)CCCCCNCCc1ccc(Cl)cc1. The highest BCUT2D eigenvalue weighted by Gasteiger charge is 1.96. The molecule has 0 fully saturated rings. The molecule has 0 bridgehead atoms. The van der Waals surface area contributed by atoms with Crippen molar-refractivity contribution < 1.29 is 9.90 Å². The normalized spacial score (nSPS) is 10.5. The quantitative estimate of drug-likeness (QED) is 0.677. The fourth-order valence-electron chi connectivity index (χ4n) is 1.71. The molecule has 0 aliphatic rings. The highest BCUT2D eigenvalue weighted by Crippen LogP contribution is 2.09. The van der Waals surface area contributed by atoms with Crippen molar-refractivity contribution in [1.82, 2.24) is 5.32 Å². The van der Waals surface area contributed by atoms with Crippen LogP contribution in [0.5, 0.6) is 0 Å². The Bertz CT molecular complexity index is 351. The molecule has 0 aliphatic carbocycles. The number of hydrogen-bond acceptors (Lipinski definition) is 2. The van der Waals surface area contributed by atoms with Gasteiger partial charge >= 0.3 is 5.97 Å². The highest BCUT2D eigenvalue weighted by atomic mass is 35.5. The molecule has 100 valence electrons. The lowest BCUT2D eigenvalue weighted by Crippen LogP contribution is -2.18. The lowest BCUT2D eigenvalue weighted by molar-refractivity contribution is -0.137. The maximum Gasteiger partial charge on any atom is 0.303 e. The first kappa shape index (κ1) is 15.0. The molecule has 0 amide bonds. The fourth-order valence-corrected chi connectivity index (χ4v) is 1.84. The minimum absolute atomic E-state index is 0.283. The van der Waals surface area contributed by atoms with Gasteiger partial charge in [-0.15, -0.1) is 0 Å². The predicted molar refractivity (Wildman–Crippen MR) is 74.1 cm³/mol. The van der Waals surface area contributed by atoms with Crippen molar-refractivity contribution >= 4 is 17.6 Å². The standard InChI is InChI=1S/C14H20ClNO2/c15-13-7-5-12(6-8-13)9-11-16-10-3-1-2-4-14(17)18/h5-8,16H,1-4,9-11H2,(H,17,18). The van der Waals surface area contributed by atoms with Crippen LogP contribution in [0, 0.1) is 0 Å². The predicted octanol–water partition coefficient (Wildman–Crippen LogP) is 3.12. The molecule has 1 aromatic rings. The second kappa shape index (κ2) is 8.95. The van der Waals surface area contributed by atoms with Crippen LogP contribution in [0.3, 0.4) is 0 Å². The van der Waals surface area contributed by atoms with Gasteiger partial charge in [-0.2, -0.15) is 0 Å². The van der Waals surface area contributed by atoms with E-state index in [4.69, 9.17) is 16.7 Å². The van der Waals surface area contributed by atoms with Crippen LogP contribution in [0.15, 0.2) is 24.3 Å². The third kappa shape index (κ3) is 7.30. The number of hydrogen-bond donors (Lipinski definition) is 2. The van der Waals surface area contributed by atoms with Crippen LogP contribution in [0.2, 0.25) is 5.02 Å². The van der Waals surface area contributed by atoms with Crippen molar-refractivity contribution in [3.8, 4) is 0 Å². The van der Waals surface area contributed by atoms with Crippen LogP contribution < -0.4 is 5.32 Å². The van der Waals surface area contributed by atoms with E-state index in [0.29, 0.717) is 0 Å². The smallest absolute Gasteiger partial charge is 0.303 e. The van der Waals surface area contributed by atoms with Gasteiger partial charge in [-0.1, -0.05) is 30.2 Å². The largest absolute Gasteiger partial charge is 0.481 e. The lowest BCUT2D eigenvalue weighted by atomic mass is 10.1. The summed E-state index contributed by atoms with van der Waals surface area (Å²) in [6.07, 6.45) is 4.05. The van der Waals surface area contributed by atoms with Gasteiger partial charge in [-0.25, -0.2) is 0 Å². The van der Waals surface area contributed by atoms with Gasteiger partial charge in [0, 0.05) is 11.4 Å². The Morgan fingerprint density at radius 3 is 2.50 bits per heavy atom. The van der Waals surface area contributed by atoms with E-state index in [1.54, 1.807) is 0 Å². The molecule has 0 heterocycles. The molecule has 0 saturated carbocycles. The van der Waals surface area contributed by atoms with Gasteiger partial charge in [0.1, 0.15) is 0 Å². The van der Waals surface area contributed by atoms with Crippen molar-refractivity contribution in [2.24, 2.45) is 0 Å². The minimum Gasteiger partial charge on any atom is -0.481 e. The Balaban J connectivity index is 1.95. The number of rotatable bonds is 9. The average Bonchev–Trinajstić information content (AvgIpc) is 2.34. The number of nitrogens with one attached hydrogen (secondary N) is 1. The topological polar surface area (TPSA) is 49.3 Å². The van der Waals surface area contributed by atoms with Crippen molar-refractivity contribution in [2.45, 2.75) is 32.1 Å². The van der Waals surface area contributed by atoms with E-state index in [9.17, 15) is 4.79 Å². The number of unbranched alkanes of at least 4 members (excludes halogenated alkanes) is 2. The Labute approximate surface area is 113 Å². The number of carboxylic acids is 1. The molecule has 0 aliphatic heterocycles. The van der Waals surface area contributed by atoms with Crippen molar-refractivity contribution in [3.63, 3.8) is 0 Å². The van der Waals surface area contributed by atoms with Crippen LogP contribution >= 0.6 is 11.6 Å². The third-order valence-electron chi connectivity index (χ3n) is 2.75. The molecule has 0 spiro atoms. The molecule has 1 aromatic carbocycles. The molecule has 3 nitrogen and oxygen atoms in total. The highest BCUT2D eigenvalue weighted by molar-refractivity contribution is 6.30. The van der Waals surface area contributed by atoms with Gasteiger partial charge in [0.2, 0.25) is 0 Å². The van der Waals surface area contributed by atoms with E-state index < -0.39 is 5.97 Å². The van der Waals surface area contributed by atoms with Crippen molar-refractivity contribution in [1.29, 1.82) is 0 Å². The maximum atomic E-state index is 10.3. The summed E-state index contributed by atoms with van der Waals surface area (Å²) in [6.45, 7) is 1.90. The molecule has 1 rings (SSSR count). The maximum absolute atomic E-state index is 10.3. The van der Waals surface area contributed by atoms with E-state index in [-0.39, 0.29) is 6.42 Å². The number of benzene rings is 1. The second-order valence-corrected chi connectivity index (χ2v) is 4.77. The van der Waals surface area contributed by atoms with Crippen molar-refractivity contribution in [3.05, 3.63) is 34.9 Å². The Morgan fingerprint density at radius 1 is 1.11 bits per heavy atom. The summed E-state index contributed by atoms with van der Waals surface area (Å²) >= 11 is 5.81. The van der Waals surface area contributed by atoms with Gasteiger partial charge in [-0.3, -0.25) is 4.79 Å². The molecule has 0 radical (unpaired) electrons. The first-order valence-electron chi connectivity index (χ1n) is 6.35. The number of aliphatic carboxylic acids is 1. The Morgan fingerprint density at radius 2 is 1.83 bits per heavy atom. The zero-order chi connectivity index (χ0) is 13.2. The molecule has 4 heteroatoms. The van der Waals surface area contributed by atoms with Crippen LogP contribution in [0.4, 0.5) is 0 Å². The summed E-state index contributed by atoms with van der Waals surface area (Å²) in [7, 11) is 0.